The van der Waals surface area contributed by atoms with Gasteiger partial charge in [-0.25, -0.2) is 8.61 Å². The molecule has 4 aliphatic rings. The molecule has 4 unspecified atom stereocenters. The van der Waals surface area contributed by atoms with Crippen molar-refractivity contribution >= 4 is 34.5 Å². The first-order chi connectivity index (χ1) is 19.7. The number of ether oxygens (including phenoxy) is 4. The molecule has 0 aromatic rings. The van der Waals surface area contributed by atoms with E-state index in [0.29, 0.717) is 38.8 Å². The number of esters is 2. The summed E-state index contributed by atoms with van der Waals surface area (Å²) in [5, 5.41) is 59.2. The van der Waals surface area contributed by atoms with Crippen molar-refractivity contribution in [2.45, 2.75) is 75.3 Å². The largest absolute Gasteiger partial charge is 0.760 e. The summed E-state index contributed by atoms with van der Waals surface area (Å²) in [7, 11) is 2.53. The minimum absolute atomic E-state index is 0. The Balaban J connectivity index is -0.0000000745. The van der Waals surface area contributed by atoms with Crippen molar-refractivity contribution in [3.63, 3.8) is 0 Å². The molecule has 318 valence electrons. The van der Waals surface area contributed by atoms with E-state index in [1.165, 1.54) is 14.2 Å². The Kier molecular flexibility index (Phi) is 59.1. The molecule has 0 bridgehead atoms. The predicted molar refractivity (Wildman–Crippen MR) is 136 cm³/mol. The van der Waals surface area contributed by atoms with Crippen molar-refractivity contribution < 1.29 is 269 Å². The molecule has 6 radical (unpaired) electrons. The van der Waals surface area contributed by atoms with Gasteiger partial charge in [-0.1, -0.05) is 0 Å². The first-order valence-electron chi connectivity index (χ1n) is 12.3. The molecule has 4 rings (SSSR count). The summed E-state index contributed by atoms with van der Waals surface area (Å²) in [6, 6.07) is -2.60. The van der Waals surface area contributed by atoms with Crippen LogP contribution in [0.3, 0.4) is 0 Å². The van der Waals surface area contributed by atoms with Crippen LogP contribution in [0, 0.1) is 75.5 Å². The summed E-state index contributed by atoms with van der Waals surface area (Å²) in [4.78, 5) is 21.3. The minimum Gasteiger partial charge on any atom is -0.760 e. The van der Waals surface area contributed by atoms with Crippen LogP contribution in [0.2, 0.25) is 0 Å². The van der Waals surface area contributed by atoms with E-state index in [0.717, 1.165) is 8.61 Å². The number of nitrogens with zero attached hydrogens (tertiary/aromatic N) is 4. The fraction of sp³-hybridized carbons (Fsp3) is 0.900. The van der Waals surface area contributed by atoms with Gasteiger partial charge in [0.15, 0.2) is 12.6 Å². The molecule has 6 N–H and O–H groups in total. The van der Waals surface area contributed by atoms with Crippen LogP contribution >= 0.6 is 0 Å². The summed E-state index contributed by atoms with van der Waals surface area (Å²) < 4.78 is 61.7. The normalized spacial score (nSPS) is 25.9. The monoisotopic (exact) mass is 1350 g/mol. The van der Waals surface area contributed by atoms with E-state index in [1.807, 2.05) is 0 Å². The average Bonchev–Trinajstić information content (AvgIpc) is 3.75. The number of aliphatic hydroxyl groups is 6. The molecule has 0 aromatic carbocycles. The van der Waals surface area contributed by atoms with Crippen molar-refractivity contribution in [1.82, 2.24) is 8.61 Å². The van der Waals surface area contributed by atoms with Crippen molar-refractivity contribution in [3.05, 3.63) is 10.6 Å². The molecule has 20 nitrogen and oxygen atoms in total. The molecule has 30 heteroatoms. The molecule has 0 amide bonds. The number of carbonyl (C=O) groups excluding carboxylic acids is 2. The zero-order chi connectivity index (χ0) is 32.0. The van der Waals surface area contributed by atoms with Gasteiger partial charge in [0, 0.05) is 241 Å². The quantitative estimate of drug-likeness (QED) is 0.0633. The van der Waals surface area contributed by atoms with Gasteiger partial charge >= 0.3 is 0 Å². The summed E-state index contributed by atoms with van der Waals surface area (Å²) in [6.07, 6.45) is -3.02. The molecule has 0 aromatic heterocycles. The van der Waals surface area contributed by atoms with Crippen LogP contribution in [-0.4, -0.2) is 159 Å². The molecule has 4 saturated heterocycles. The van der Waals surface area contributed by atoms with Gasteiger partial charge in [-0.15, -0.1) is 0 Å². The Hall–Kier alpha value is 4.94. The van der Waals surface area contributed by atoms with Gasteiger partial charge in [-0.05, 0) is 37.8 Å². The molecular weight excluding hydrogens is 1310 g/mol. The van der Waals surface area contributed by atoms with Gasteiger partial charge in [0.05, 0.1) is 39.1 Å². The molecule has 4 fully saturated rings. The van der Waals surface area contributed by atoms with Gasteiger partial charge < -0.3 is 69.3 Å². The SMILES string of the molecule is COC(=O)[C@@H]1COC(O)[N-]1.COC(=O)[C@@H]1COC(O)[N-]1.O=S([O-])N1CCC[C@H]1C(O)O.O=S([O-])N1CCC[C@H]1C(O)O.[Ar].[Ar].[Rh].[Rh].[Rh].[Rh].[Rh].[Rh]. The number of carbonyl (C=O) groups is 2. The van der Waals surface area contributed by atoms with E-state index in [1.54, 1.807) is 0 Å². The Labute approximate surface area is 431 Å². The second-order valence-electron chi connectivity index (χ2n) is 8.66. The van der Waals surface area contributed by atoms with Gasteiger partial charge in [0.2, 0.25) is 0 Å². The summed E-state index contributed by atoms with van der Waals surface area (Å²) >= 11 is -4.66. The number of hydrogen-bond acceptors (Lipinski definition) is 16. The van der Waals surface area contributed by atoms with Crippen LogP contribution in [0.15, 0.2) is 0 Å². The first kappa shape index (κ1) is 72.5. The van der Waals surface area contributed by atoms with Crippen LogP contribution in [0.1, 0.15) is 25.7 Å². The zero-order valence-electron chi connectivity index (χ0n) is 25.4. The molecule has 0 saturated carbocycles. The molecule has 50 heavy (non-hydrogen) atoms. The van der Waals surface area contributed by atoms with Gasteiger partial charge in [0.1, 0.15) is 0 Å². The van der Waals surface area contributed by atoms with Crippen LogP contribution in [0.4, 0.5) is 0 Å². The van der Waals surface area contributed by atoms with E-state index < -0.39 is 84.0 Å². The fourth-order valence-corrected chi connectivity index (χ4v) is 5.29. The third-order valence-corrected chi connectivity index (χ3v) is 7.61. The van der Waals surface area contributed by atoms with Crippen molar-refractivity contribution in [2.24, 2.45) is 0 Å². The third-order valence-electron chi connectivity index (χ3n) is 5.94. The fourth-order valence-electron chi connectivity index (χ4n) is 3.86. The molecule has 4 heterocycles. The number of methoxy groups -OCH3 is 2. The maximum absolute atomic E-state index is 10.7. The Morgan fingerprint density at radius 1 is 0.700 bits per heavy atom. The number of hydrogen-bond donors (Lipinski definition) is 6. The topological polar surface area (TPSA) is 307 Å². The number of rotatable bonds is 6. The smallest absolute Gasteiger partial charge is 0.290 e. The van der Waals surface area contributed by atoms with Crippen LogP contribution in [0.25, 0.3) is 10.6 Å². The van der Waals surface area contributed by atoms with Gasteiger partial charge in [-0.2, -0.15) is 0 Å². The molecule has 4 aliphatic heterocycles. The summed E-state index contributed by atoms with van der Waals surface area (Å²) in [5.41, 5.74) is 0. The molecule has 0 aliphatic carbocycles. The van der Waals surface area contributed by atoms with Crippen LogP contribution in [-0.2, 0) is 168 Å². The Morgan fingerprint density at radius 2 is 0.980 bits per heavy atom. The molecule has 8 atom stereocenters. The van der Waals surface area contributed by atoms with E-state index in [9.17, 15) is 27.1 Å². The standard InChI is InChI=1S/2C5H11NO4S.2C5H8NO4.2Ar.6Rh/c2*7-5(8)4-2-1-3-6(4)11(9)10;2*1-9-4(7)3-2-10-5(8)6-3;;;;;;;;/h2*4-5,7-8H,1-3H2,(H,9,10);2*3,5,8H,2H2,1H3;;;;;;;;/q;;2*-1;;;;;;;;/p-2/t2*4-;2*3-,5?;;;;;;;;/m0000......../s1. The van der Waals surface area contributed by atoms with E-state index >= 15 is 0 Å². The van der Waals surface area contributed by atoms with Gasteiger partial charge in [-0.3, -0.25) is 18.0 Å². The average molecular weight is 1350 g/mol. The van der Waals surface area contributed by atoms with Crippen molar-refractivity contribution in [1.29, 1.82) is 0 Å². The Bertz CT molecular complexity index is 844. The first-order valence-corrected chi connectivity index (χ1v) is 14.4. The second kappa shape index (κ2) is 40.7. The number of aliphatic hydroxyl groups excluding tert-OH is 4. The minimum atomic E-state index is -2.33. The van der Waals surface area contributed by atoms with Crippen molar-refractivity contribution in [2.75, 3.05) is 40.5 Å². The van der Waals surface area contributed by atoms with Crippen LogP contribution in [0.5, 0.6) is 0 Å². The van der Waals surface area contributed by atoms with E-state index in [-0.39, 0.29) is 206 Å². The maximum Gasteiger partial charge on any atom is 0.290 e. The van der Waals surface area contributed by atoms with Crippen LogP contribution < -0.4 is 0 Å². The van der Waals surface area contributed by atoms with Gasteiger partial charge in [0.25, 0.3) is 11.9 Å². The molecular formula is C20H36Ar2N4O16Rh6S2-4. The zero-order valence-corrected chi connectivity index (χ0v) is 38.2. The van der Waals surface area contributed by atoms with E-state index in [4.69, 9.17) is 30.6 Å². The molecule has 0 spiro atoms. The maximum atomic E-state index is 10.7. The van der Waals surface area contributed by atoms with Crippen molar-refractivity contribution in [3.8, 4) is 0 Å². The predicted octanol–water partition coefficient (Wildman–Crippen LogP) is -4.49. The summed E-state index contributed by atoms with van der Waals surface area (Å²) in [6.45, 7) is 0.985. The van der Waals surface area contributed by atoms with E-state index in [2.05, 4.69) is 29.6 Å². The second-order valence-corrected chi connectivity index (χ2v) is 10.5. The Morgan fingerprint density at radius 3 is 1.14 bits per heavy atom. The third kappa shape index (κ3) is 28.4. The summed E-state index contributed by atoms with van der Waals surface area (Å²) in [5.74, 6) is -0.951.